The first-order valence-corrected chi connectivity index (χ1v) is 14.4. The Bertz CT molecular complexity index is 2010. The number of aromatic nitrogens is 1. The largest absolute Gasteiger partial charge is 0.256 e. The lowest BCUT2D eigenvalue weighted by Gasteiger charge is -2.24. The van der Waals surface area contributed by atoms with Gasteiger partial charge in [-0.05, 0) is 55.7 Å². The zero-order valence-electron chi connectivity index (χ0n) is 24.1. The summed E-state index contributed by atoms with van der Waals surface area (Å²) >= 11 is 0. The van der Waals surface area contributed by atoms with Crippen LogP contribution in [0.1, 0.15) is 22.3 Å². The van der Waals surface area contributed by atoms with Crippen LogP contribution in [0.25, 0.3) is 43.6 Å². The van der Waals surface area contributed by atoms with Gasteiger partial charge in [0.15, 0.2) is 0 Å². The van der Waals surface area contributed by atoms with Gasteiger partial charge in [-0.15, -0.1) is 0 Å². The lowest BCUT2D eigenvalue weighted by atomic mass is 9.34. The predicted octanol–water partition coefficient (Wildman–Crippen LogP) is 7.96. The molecule has 0 bridgehead atoms. The zero-order chi connectivity index (χ0) is 28.1. The Morgan fingerprint density at radius 1 is 0.512 bits per heavy atom. The number of aryl methyl sites for hydroxylation is 4. The maximum atomic E-state index is 4.71. The van der Waals surface area contributed by atoms with Crippen LogP contribution in [0, 0.1) is 27.7 Å². The van der Waals surface area contributed by atoms with Crippen LogP contribution in [0.3, 0.4) is 0 Å². The molecule has 0 spiro atoms. The van der Waals surface area contributed by atoms with Crippen molar-refractivity contribution < 1.29 is 0 Å². The van der Waals surface area contributed by atoms with E-state index in [-0.39, 0.29) is 6.71 Å². The first kappa shape index (κ1) is 25.3. The lowest BCUT2D eigenvalue weighted by Crippen LogP contribution is -2.55. The van der Waals surface area contributed by atoms with E-state index in [9.17, 15) is 0 Å². The second kappa shape index (κ2) is 10.1. The van der Waals surface area contributed by atoms with Crippen molar-refractivity contribution >= 4 is 55.5 Å². The molecule has 1 aromatic heterocycles. The Kier molecular flexibility index (Phi) is 6.20. The molecule has 0 aliphatic heterocycles. The van der Waals surface area contributed by atoms with Gasteiger partial charge in [0.25, 0.3) is 0 Å². The number of benzene rings is 6. The molecule has 0 radical (unpaired) electrons. The highest BCUT2D eigenvalue weighted by atomic mass is 14.6. The minimum atomic E-state index is 0.156. The zero-order valence-corrected chi connectivity index (χ0v) is 24.1. The molecular formula is C39H32BN. The summed E-state index contributed by atoms with van der Waals surface area (Å²) in [6.45, 7) is 9.16. The van der Waals surface area contributed by atoms with Gasteiger partial charge in [0.05, 0.1) is 5.52 Å². The molecule has 7 aromatic rings. The second-order valence-corrected chi connectivity index (χ2v) is 11.4. The quantitative estimate of drug-likeness (QED) is 0.168. The van der Waals surface area contributed by atoms with Crippen LogP contribution in [0.4, 0.5) is 0 Å². The molecule has 1 nitrogen and oxygen atoms in total. The Morgan fingerprint density at radius 2 is 1.12 bits per heavy atom. The molecule has 0 N–H and O–H groups in total. The van der Waals surface area contributed by atoms with Gasteiger partial charge in [-0.2, -0.15) is 0 Å². The van der Waals surface area contributed by atoms with E-state index in [2.05, 4.69) is 143 Å². The fraction of sp³-hybridized carbons (Fsp3) is 0.103. The van der Waals surface area contributed by atoms with Crippen molar-refractivity contribution in [2.24, 2.45) is 0 Å². The van der Waals surface area contributed by atoms with Gasteiger partial charge < -0.3 is 0 Å². The van der Waals surface area contributed by atoms with Gasteiger partial charge in [0, 0.05) is 22.4 Å². The maximum Gasteiger partial charge on any atom is 0.242 e. The third-order valence-corrected chi connectivity index (χ3v) is 8.80. The maximum absolute atomic E-state index is 4.71. The predicted molar refractivity (Wildman–Crippen MR) is 179 cm³/mol. The monoisotopic (exact) mass is 525 g/mol. The number of fused-ring (bicyclic) bond motifs is 5. The van der Waals surface area contributed by atoms with Crippen LogP contribution in [0.5, 0.6) is 0 Å². The number of para-hydroxylation sites is 1. The fourth-order valence-electron chi connectivity index (χ4n) is 6.90. The molecule has 2 heteroatoms. The molecular weight excluding hydrogens is 493 g/mol. The summed E-state index contributed by atoms with van der Waals surface area (Å²) in [5.74, 6) is 0. The van der Waals surface area contributed by atoms with Crippen molar-refractivity contribution in [3.8, 4) is 11.1 Å². The van der Waals surface area contributed by atoms with Crippen LogP contribution in [-0.4, -0.2) is 11.7 Å². The standard InChI is InChI=1S/C39H32BN/c1-25-11-7-12-26(2)38(25)40(39-27(3)13-8-14-28(39)4)31-16-9-15-29(23-31)32-18-10-19-34-33(32)22-21-30-24-41-36-20-6-5-17-35(36)37(30)34/h5-24H,1-4H3. The third-order valence-electron chi connectivity index (χ3n) is 8.80. The highest BCUT2D eigenvalue weighted by Crippen LogP contribution is 2.35. The average Bonchev–Trinajstić information content (AvgIpc) is 2.99. The van der Waals surface area contributed by atoms with Crippen LogP contribution in [-0.2, 0) is 0 Å². The first-order chi connectivity index (χ1) is 20.0. The molecule has 1 heterocycles. The van der Waals surface area contributed by atoms with Crippen LogP contribution in [0.2, 0.25) is 0 Å². The number of pyridine rings is 1. The molecule has 0 atom stereocenters. The normalized spacial score (nSPS) is 11.4. The molecule has 0 saturated carbocycles. The SMILES string of the molecule is Cc1cccc(C)c1B(c1cccc(-c2cccc3c2ccc2cnc4ccccc4c23)c1)c1c(C)cccc1C. The van der Waals surface area contributed by atoms with E-state index in [1.165, 1.54) is 76.7 Å². The van der Waals surface area contributed by atoms with Crippen LogP contribution < -0.4 is 16.4 Å². The molecule has 0 amide bonds. The van der Waals surface area contributed by atoms with Crippen LogP contribution in [0.15, 0.2) is 121 Å². The lowest BCUT2D eigenvalue weighted by molar-refractivity contribution is 1.41. The summed E-state index contributed by atoms with van der Waals surface area (Å²) in [5, 5.41) is 6.18. The molecule has 0 aliphatic rings. The number of rotatable bonds is 4. The molecule has 0 aliphatic carbocycles. The van der Waals surface area contributed by atoms with Gasteiger partial charge in [-0.3, -0.25) is 4.98 Å². The Morgan fingerprint density at radius 3 is 1.83 bits per heavy atom. The van der Waals surface area contributed by atoms with Crippen molar-refractivity contribution in [1.29, 1.82) is 0 Å². The molecule has 41 heavy (non-hydrogen) atoms. The molecule has 196 valence electrons. The molecule has 0 unspecified atom stereocenters. The summed E-state index contributed by atoms with van der Waals surface area (Å²) in [4.78, 5) is 4.71. The van der Waals surface area contributed by atoms with Crippen LogP contribution >= 0.6 is 0 Å². The van der Waals surface area contributed by atoms with Crippen molar-refractivity contribution in [1.82, 2.24) is 4.98 Å². The van der Waals surface area contributed by atoms with Gasteiger partial charge in [-0.1, -0.05) is 148 Å². The van der Waals surface area contributed by atoms with Gasteiger partial charge in [0.2, 0.25) is 6.71 Å². The minimum Gasteiger partial charge on any atom is -0.256 e. The van der Waals surface area contributed by atoms with Gasteiger partial charge in [0.1, 0.15) is 0 Å². The summed E-state index contributed by atoms with van der Waals surface area (Å²) in [6.07, 6.45) is 2.00. The molecule has 0 saturated heterocycles. The minimum absolute atomic E-state index is 0.156. The van der Waals surface area contributed by atoms with E-state index in [0.717, 1.165) is 5.52 Å². The van der Waals surface area contributed by atoms with E-state index < -0.39 is 0 Å². The molecule has 0 fully saturated rings. The Hall–Kier alpha value is -4.69. The summed E-state index contributed by atoms with van der Waals surface area (Å²) < 4.78 is 0. The Balaban J connectivity index is 1.48. The van der Waals surface area contributed by atoms with Crippen molar-refractivity contribution in [2.75, 3.05) is 0 Å². The Labute approximate surface area is 242 Å². The number of nitrogens with zero attached hydrogens (tertiary/aromatic N) is 1. The summed E-state index contributed by atoms with van der Waals surface area (Å²) in [6, 6.07) is 42.3. The van der Waals surface area contributed by atoms with Crippen molar-refractivity contribution in [3.05, 3.63) is 144 Å². The third kappa shape index (κ3) is 4.23. The number of hydrogen-bond acceptors (Lipinski definition) is 1. The highest BCUT2D eigenvalue weighted by Gasteiger charge is 2.28. The average molecular weight is 526 g/mol. The summed E-state index contributed by atoms with van der Waals surface area (Å²) in [5.41, 5.74) is 13.0. The highest BCUT2D eigenvalue weighted by molar-refractivity contribution is 6.96. The van der Waals surface area contributed by atoms with Crippen molar-refractivity contribution in [3.63, 3.8) is 0 Å². The van der Waals surface area contributed by atoms with E-state index >= 15 is 0 Å². The van der Waals surface area contributed by atoms with E-state index in [0.29, 0.717) is 0 Å². The molecule has 6 aromatic carbocycles. The van der Waals surface area contributed by atoms with E-state index in [1.54, 1.807) is 0 Å². The van der Waals surface area contributed by atoms with E-state index in [4.69, 9.17) is 4.98 Å². The van der Waals surface area contributed by atoms with Gasteiger partial charge in [-0.25, -0.2) is 0 Å². The van der Waals surface area contributed by atoms with E-state index in [1.807, 2.05) is 6.20 Å². The van der Waals surface area contributed by atoms with Gasteiger partial charge >= 0.3 is 0 Å². The first-order valence-electron chi connectivity index (χ1n) is 14.4. The topological polar surface area (TPSA) is 12.9 Å². The van der Waals surface area contributed by atoms with Crippen molar-refractivity contribution in [2.45, 2.75) is 27.7 Å². The fourth-order valence-corrected chi connectivity index (χ4v) is 6.90. The summed E-state index contributed by atoms with van der Waals surface area (Å²) in [7, 11) is 0. The second-order valence-electron chi connectivity index (χ2n) is 11.4. The smallest absolute Gasteiger partial charge is 0.242 e. The number of hydrogen-bond donors (Lipinski definition) is 0. The molecule has 7 rings (SSSR count).